The predicted octanol–water partition coefficient (Wildman–Crippen LogP) is 5.92. The summed E-state index contributed by atoms with van der Waals surface area (Å²) in [6.07, 6.45) is 1.46. The predicted molar refractivity (Wildman–Crippen MR) is 125 cm³/mol. The molecule has 34 heavy (non-hydrogen) atoms. The molecule has 172 valence electrons. The van der Waals surface area contributed by atoms with Crippen LogP contribution in [0.3, 0.4) is 0 Å². The highest BCUT2D eigenvalue weighted by molar-refractivity contribution is 8.18. The number of thioether (sulfide) groups is 1. The number of carboxylic acids is 1. The third kappa shape index (κ3) is 4.13. The van der Waals surface area contributed by atoms with Crippen molar-refractivity contribution in [3.05, 3.63) is 74.3 Å². The van der Waals surface area contributed by atoms with Crippen LogP contribution in [-0.4, -0.2) is 33.9 Å². The van der Waals surface area contributed by atoms with Gasteiger partial charge in [-0.05, 0) is 53.7 Å². The second-order valence-corrected chi connectivity index (χ2v) is 9.07. The molecule has 1 saturated heterocycles. The Kier molecular flexibility index (Phi) is 5.76. The molecule has 5 rings (SSSR count). The van der Waals surface area contributed by atoms with Gasteiger partial charge in [-0.1, -0.05) is 23.2 Å². The SMILES string of the molecule is O=C(O)c1cc(-c2ccc(/C=C3/SC(=O)N(Cc4cc5c(cc4Cl)OCO5)C3=O)o2)ccc1Cl. The van der Waals surface area contributed by atoms with Gasteiger partial charge in [0.25, 0.3) is 11.1 Å². The number of benzene rings is 2. The largest absolute Gasteiger partial charge is 0.478 e. The number of carboxylic acid groups (broad SMARTS) is 1. The second-order valence-electron chi connectivity index (χ2n) is 7.27. The lowest BCUT2D eigenvalue weighted by atomic mass is 10.1. The fourth-order valence-corrected chi connectivity index (χ4v) is 4.67. The number of carbonyl (C=O) groups excluding carboxylic acids is 2. The number of aromatic carboxylic acids is 1. The highest BCUT2D eigenvalue weighted by Crippen LogP contribution is 2.39. The number of fused-ring (bicyclic) bond motifs is 1. The minimum Gasteiger partial charge on any atom is -0.478 e. The number of halogens is 2. The fraction of sp³-hybridized carbons (Fsp3) is 0.0870. The molecule has 3 heterocycles. The molecule has 2 aliphatic heterocycles. The first-order valence-electron chi connectivity index (χ1n) is 9.76. The number of furan rings is 1. The van der Waals surface area contributed by atoms with Gasteiger partial charge >= 0.3 is 5.97 Å². The third-order valence-electron chi connectivity index (χ3n) is 5.13. The maximum absolute atomic E-state index is 12.9. The number of amides is 2. The molecule has 8 nitrogen and oxygen atoms in total. The van der Waals surface area contributed by atoms with Crippen LogP contribution in [-0.2, 0) is 11.3 Å². The van der Waals surface area contributed by atoms with Gasteiger partial charge in [0.2, 0.25) is 6.79 Å². The third-order valence-corrected chi connectivity index (χ3v) is 6.71. The van der Waals surface area contributed by atoms with Crippen molar-refractivity contribution in [2.45, 2.75) is 6.54 Å². The van der Waals surface area contributed by atoms with Crippen LogP contribution in [0.25, 0.3) is 17.4 Å². The number of imide groups is 1. The molecule has 1 aromatic heterocycles. The first kappa shape index (κ1) is 22.4. The van der Waals surface area contributed by atoms with E-state index in [1.54, 1.807) is 30.3 Å². The summed E-state index contributed by atoms with van der Waals surface area (Å²) < 4.78 is 16.4. The van der Waals surface area contributed by atoms with Crippen LogP contribution in [0.5, 0.6) is 11.5 Å². The van der Waals surface area contributed by atoms with Crippen LogP contribution in [0.1, 0.15) is 21.7 Å². The zero-order chi connectivity index (χ0) is 24.0. The second kappa shape index (κ2) is 8.75. The van der Waals surface area contributed by atoms with Crippen LogP contribution in [0.15, 0.2) is 51.8 Å². The molecule has 0 atom stereocenters. The Hall–Kier alpha value is -3.40. The van der Waals surface area contributed by atoms with Gasteiger partial charge in [0, 0.05) is 22.7 Å². The van der Waals surface area contributed by atoms with Crippen molar-refractivity contribution in [1.82, 2.24) is 4.90 Å². The zero-order valence-electron chi connectivity index (χ0n) is 17.0. The number of nitrogens with zero attached hydrogens (tertiary/aromatic N) is 1. The summed E-state index contributed by atoms with van der Waals surface area (Å²) in [5.74, 6) is 0.0762. The van der Waals surface area contributed by atoms with Gasteiger partial charge in [-0.15, -0.1) is 0 Å². The summed E-state index contributed by atoms with van der Waals surface area (Å²) in [7, 11) is 0. The number of hydrogen-bond acceptors (Lipinski definition) is 7. The molecular weight excluding hydrogens is 505 g/mol. The number of rotatable bonds is 5. The molecule has 1 fully saturated rings. The van der Waals surface area contributed by atoms with Crippen molar-refractivity contribution in [2.24, 2.45) is 0 Å². The van der Waals surface area contributed by atoms with Crippen molar-refractivity contribution in [1.29, 1.82) is 0 Å². The molecule has 0 unspecified atom stereocenters. The van der Waals surface area contributed by atoms with Crippen molar-refractivity contribution in [3.63, 3.8) is 0 Å². The van der Waals surface area contributed by atoms with Gasteiger partial charge in [-0.2, -0.15) is 0 Å². The van der Waals surface area contributed by atoms with E-state index in [-0.39, 0.29) is 28.8 Å². The van der Waals surface area contributed by atoms with Gasteiger partial charge in [-0.3, -0.25) is 14.5 Å². The van der Waals surface area contributed by atoms with Crippen molar-refractivity contribution in [2.75, 3.05) is 6.79 Å². The summed E-state index contributed by atoms with van der Waals surface area (Å²) in [4.78, 5) is 38.0. The lowest BCUT2D eigenvalue weighted by Crippen LogP contribution is -2.27. The topological polar surface area (TPSA) is 106 Å². The van der Waals surface area contributed by atoms with Crippen LogP contribution in [0, 0.1) is 0 Å². The molecule has 2 aliphatic rings. The van der Waals surface area contributed by atoms with Crippen LogP contribution in [0.4, 0.5) is 4.79 Å². The number of carbonyl (C=O) groups is 3. The summed E-state index contributed by atoms with van der Waals surface area (Å²) in [6.45, 7) is 0.0574. The number of hydrogen-bond donors (Lipinski definition) is 1. The molecule has 0 radical (unpaired) electrons. The molecule has 2 aromatic carbocycles. The van der Waals surface area contributed by atoms with Crippen LogP contribution >= 0.6 is 35.0 Å². The van der Waals surface area contributed by atoms with E-state index in [1.807, 2.05) is 0 Å². The highest BCUT2D eigenvalue weighted by atomic mass is 35.5. The molecule has 2 amide bonds. The van der Waals surface area contributed by atoms with E-state index in [9.17, 15) is 19.5 Å². The Labute approximate surface area is 206 Å². The van der Waals surface area contributed by atoms with Crippen molar-refractivity contribution >= 4 is 58.2 Å². The first-order valence-corrected chi connectivity index (χ1v) is 11.3. The minimum absolute atomic E-state index is 0.0242. The molecule has 1 N–H and O–H groups in total. The molecule has 0 bridgehead atoms. The highest BCUT2D eigenvalue weighted by Gasteiger charge is 2.36. The van der Waals surface area contributed by atoms with E-state index in [1.165, 1.54) is 18.2 Å². The fourth-order valence-electron chi connectivity index (χ4n) is 3.44. The summed E-state index contributed by atoms with van der Waals surface area (Å²) in [6, 6.07) is 11.0. The molecule has 0 aliphatic carbocycles. The van der Waals surface area contributed by atoms with Crippen molar-refractivity contribution < 1.29 is 33.4 Å². The average molecular weight is 518 g/mol. The van der Waals surface area contributed by atoms with Gasteiger partial charge in [0.05, 0.1) is 22.0 Å². The quantitative estimate of drug-likeness (QED) is 0.415. The standard InChI is InChI=1S/C23H13Cl2NO7S/c24-15-3-1-11(5-14(15)22(28)29)17-4-2-13(33-17)7-20-21(27)26(23(30)34-20)9-12-6-18-19(8-16(12)25)32-10-31-18/h1-8H,9-10H2,(H,28,29)/b20-7+. The summed E-state index contributed by atoms with van der Waals surface area (Å²) >= 11 is 13.0. The maximum atomic E-state index is 12.9. The normalized spacial score (nSPS) is 16.1. The van der Waals surface area contributed by atoms with Gasteiger partial charge < -0.3 is 19.0 Å². The molecular formula is C23H13Cl2NO7S. The molecule has 0 saturated carbocycles. The lowest BCUT2D eigenvalue weighted by Gasteiger charge is -2.14. The maximum Gasteiger partial charge on any atom is 0.337 e. The van der Waals surface area contributed by atoms with Gasteiger partial charge in [-0.25, -0.2) is 4.79 Å². The van der Waals surface area contributed by atoms with Gasteiger partial charge in [0.15, 0.2) is 11.5 Å². The number of ether oxygens (including phenoxy) is 2. The molecule has 3 aromatic rings. The molecule has 0 spiro atoms. The van der Waals surface area contributed by atoms with Crippen LogP contribution < -0.4 is 9.47 Å². The summed E-state index contributed by atoms with van der Waals surface area (Å²) in [5, 5.41) is 9.28. The molecule has 11 heteroatoms. The monoisotopic (exact) mass is 517 g/mol. The lowest BCUT2D eigenvalue weighted by molar-refractivity contribution is -0.123. The Morgan fingerprint density at radius 1 is 1.06 bits per heavy atom. The average Bonchev–Trinajstić information content (AvgIpc) is 3.51. The summed E-state index contributed by atoms with van der Waals surface area (Å²) in [5.41, 5.74) is 0.999. The van der Waals surface area contributed by atoms with E-state index >= 15 is 0 Å². The van der Waals surface area contributed by atoms with Gasteiger partial charge in [0.1, 0.15) is 11.5 Å². The Bertz CT molecular complexity index is 1400. The Morgan fingerprint density at radius 2 is 1.82 bits per heavy atom. The van der Waals surface area contributed by atoms with E-state index in [4.69, 9.17) is 37.1 Å². The zero-order valence-corrected chi connectivity index (χ0v) is 19.4. The Morgan fingerprint density at radius 3 is 2.59 bits per heavy atom. The minimum atomic E-state index is -1.16. The smallest absolute Gasteiger partial charge is 0.337 e. The van der Waals surface area contributed by atoms with E-state index < -0.39 is 17.1 Å². The van der Waals surface area contributed by atoms with E-state index in [2.05, 4.69) is 0 Å². The van der Waals surface area contributed by atoms with Crippen LogP contribution in [0.2, 0.25) is 10.0 Å². The van der Waals surface area contributed by atoms with E-state index in [0.29, 0.717) is 39.2 Å². The first-order chi connectivity index (χ1) is 16.3. The Balaban J connectivity index is 1.36. The van der Waals surface area contributed by atoms with Crippen molar-refractivity contribution in [3.8, 4) is 22.8 Å². The van der Waals surface area contributed by atoms with E-state index in [0.717, 1.165) is 16.7 Å².